The Hall–Kier alpha value is -3.97. The second-order valence-corrected chi connectivity index (χ2v) is 8.28. The van der Waals surface area contributed by atoms with Crippen molar-refractivity contribution in [2.75, 3.05) is 5.32 Å². The van der Waals surface area contributed by atoms with Gasteiger partial charge in [-0.3, -0.25) is 14.2 Å². The average molecular weight is 457 g/mol. The zero-order valence-electron chi connectivity index (χ0n) is 18.2. The van der Waals surface area contributed by atoms with E-state index in [1.807, 2.05) is 74.8 Å². The van der Waals surface area contributed by atoms with Crippen LogP contribution in [0.15, 0.2) is 73.2 Å². The summed E-state index contributed by atoms with van der Waals surface area (Å²) in [7, 11) is 1.88. The minimum absolute atomic E-state index is 0.220. The van der Waals surface area contributed by atoms with Gasteiger partial charge < -0.3 is 5.32 Å². The van der Waals surface area contributed by atoms with Crippen LogP contribution in [0, 0.1) is 6.92 Å². The lowest BCUT2D eigenvalue weighted by atomic mass is 10.0. The molecular weight excluding hydrogens is 436 g/mol. The number of hydrogen-bond donors (Lipinski definition) is 1. The lowest BCUT2D eigenvalue weighted by Gasteiger charge is -2.10. The molecule has 8 heteroatoms. The third kappa shape index (κ3) is 4.23. The standard InChI is InChI=1S/C25H21ClN6O/c1-16-22(13-27-31(16)2)24-11-21(20-5-3-4-6-23(20)30-24)25(33)29-19-12-28-32(15-19)14-17-7-9-18(26)10-8-17/h3-13,15H,14H2,1-2H3,(H,29,33). The van der Waals surface area contributed by atoms with E-state index in [2.05, 4.69) is 15.5 Å². The molecule has 1 N–H and O–H groups in total. The first-order valence-electron chi connectivity index (χ1n) is 10.4. The van der Waals surface area contributed by atoms with Crippen molar-refractivity contribution in [3.05, 3.63) is 95.0 Å². The molecule has 5 aromatic rings. The molecule has 0 radical (unpaired) electrons. The molecule has 0 fully saturated rings. The number of anilines is 1. The molecule has 0 bridgehead atoms. The molecule has 0 spiro atoms. The molecule has 0 aliphatic rings. The summed E-state index contributed by atoms with van der Waals surface area (Å²) in [4.78, 5) is 18.1. The summed E-state index contributed by atoms with van der Waals surface area (Å²) in [6, 6.07) is 17.0. The molecule has 5 rings (SSSR count). The Morgan fingerprint density at radius 2 is 1.85 bits per heavy atom. The number of pyridine rings is 1. The van der Waals surface area contributed by atoms with Gasteiger partial charge in [0.1, 0.15) is 0 Å². The van der Waals surface area contributed by atoms with E-state index >= 15 is 0 Å². The minimum atomic E-state index is -0.220. The molecule has 164 valence electrons. The molecule has 7 nitrogen and oxygen atoms in total. The highest BCUT2D eigenvalue weighted by molar-refractivity contribution is 6.30. The van der Waals surface area contributed by atoms with Crippen LogP contribution in [0.3, 0.4) is 0 Å². The van der Waals surface area contributed by atoms with E-state index in [9.17, 15) is 4.79 Å². The molecule has 0 aliphatic heterocycles. The van der Waals surface area contributed by atoms with Crippen molar-refractivity contribution >= 4 is 34.1 Å². The van der Waals surface area contributed by atoms with Gasteiger partial charge in [-0.15, -0.1) is 0 Å². The quantitative estimate of drug-likeness (QED) is 0.399. The maximum atomic E-state index is 13.3. The number of benzene rings is 2. The third-order valence-electron chi connectivity index (χ3n) is 5.62. The maximum Gasteiger partial charge on any atom is 0.256 e. The highest BCUT2D eigenvalue weighted by atomic mass is 35.5. The molecule has 0 atom stereocenters. The van der Waals surface area contributed by atoms with E-state index in [-0.39, 0.29) is 5.91 Å². The number of hydrogen-bond acceptors (Lipinski definition) is 4. The van der Waals surface area contributed by atoms with Crippen LogP contribution < -0.4 is 5.32 Å². The molecule has 1 amide bonds. The van der Waals surface area contributed by atoms with Crippen molar-refractivity contribution in [1.82, 2.24) is 24.5 Å². The molecule has 0 saturated carbocycles. The normalized spacial score (nSPS) is 11.1. The number of nitrogens with zero attached hydrogens (tertiary/aromatic N) is 5. The van der Waals surface area contributed by atoms with E-state index in [0.29, 0.717) is 28.5 Å². The van der Waals surface area contributed by atoms with E-state index in [1.165, 1.54) is 0 Å². The summed E-state index contributed by atoms with van der Waals surface area (Å²) in [5.41, 5.74) is 5.57. The molecule has 0 unspecified atom stereocenters. The van der Waals surface area contributed by atoms with E-state index < -0.39 is 0 Å². The Morgan fingerprint density at radius 1 is 1.06 bits per heavy atom. The Kier molecular flexibility index (Phi) is 5.40. The van der Waals surface area contributed by atoms with Crippen LogP contribution in [0.25, 0.3) is 22.2 Å². The van der Waals surface area contributed by atoms with E-state index in [0.717, 1.165) is 27.7 Å². The van der Waals surface area contributed by atoms with Crippen LogP contribution in [0.1, 0.15) is 21.6 Å². The van der Waals surface area contributed by atoms with Crippen LogP contribution in [-0.4, -0.2) is 30.5 Å². The summed E-state index contributed by atoms with van der Waals surface area (Å²) in [6.45, 7) is 2.56. The van der Waals surface area contributed by atoms with Crippen LogP contribution in [0.2, 0.25) is 5.02 Å². The minimum Gasteiger partial charge on any atom is -0.319 e. The number of carbonyl (C=O) groups excluding carboxylic acids is 1. The highest BCUT2D eigenvalue weighted by Crippen LogP contribution is 2.27. The fraction of sp³-hybridized carbons (Fsp3) is 0.120. The predicted octanol–water partition coefficient (Wildman–Crippen LogP) is 5.09. The number of carbonyl (C=O) groups is 1. The smallest absolute Gasteiger partial charge is 0.256 e. The van der Waals surface area contributed by atoms with Gasteiger partial charge in [0.25, 0.3) is 5.91 Å². The predicted molar refractivity (Wildman–Crippen MR) is 129 cm³/mol. The topological polar surface area (TPSA) is 77.6 Å². The largest absolute Gasteiger partial charge is 0.319 e. The highest BCUT2D eigenvalue weighted by Gasteiger charge is 2.17. The van der Waals surface area contributed by atoms with Gasteiger partial charge in [0.2, 0.25) is 0 Å². The van der Waals surface area contributed by atoms with Crippen molar-refractivity contribution in [1.29, 1.82) is 0 Å². The summed E-state index contributed by atoms with van der Waals surface area (Å²) in [5.74, 6) is -0.220. The fourth-order valence-corrected chi connectivity index (χ4v) is 3.87. The summed E-state index contributed by atoms with van der Waals surface area (Å²) in [5, 5.41) is 13.1. The van der Waals surface area contributed by atoms with Crippen LogP contribution in [0.4, 0.5) is 5.69 Å². The number of fused-ring (bicyclic) bond motifs is 1. The monoisotopic (exact) mass is 456 g/mol. The van der Waals surface area contributed by atoms with Crippen molar-refractivity contribution in [2.45, 2.75) is 13.5 Å². The molecule has 2 aromatic carbocycles. The van der Waals surface area contributed by atoms with Gasteiger partial charge in [0, 0.05) is 34.9 Å². The number of rotatable bonds is 5. The SMILES string of the molecule is Cc1c(-c2cc(C(=O)Nc3cnn(Cc4ccc(Cl)cc4)c3)c3ccccc3n2)cnn1C. The van der Waals surface area contributed by atoms with Crippen LogP contribution in [-0.2, 0) is 13.6 Å². The zero-order valence-corrected chi connectivity index (χ0v) is 18.9. The number of amides is 1. The molecule has 3 aromatic heterocycles. The van der Waals surface area contributed by atoms with Crippen molar-refractivity contribution < 1.29 is 4.79 Å². The Morgan fingerprint density at radius 3 is 2.61 bits per heavy atom. The van der Waals surface area contributed by atoms with E-state index in [4.69, 9.17) is 16.6 Å². The van der Waals surface area contributed by atoms with Gasteiger partial charge in [-0.1, -0.05) is 41.9 Å². The number of halogens is 1. The Balaban J connectivity index is 1.44. The maximum absolute atomic E-state index is 13.3. The first-order valence-corrected chi connectivity index (χ1v) is 10.8. The third-order valence-corrected chi connectivity index (χ3v) is 5.87. The summed E-state index contributed by atoms with van der Waals surface area (Å²) >= 11 is 5.96. The van der Waals surface area contributed by atoms with Gasteiger partial charge in [0.05, 0.1) is 41.4 Å². The van der Waals surface area contributed by atoms with Gasteiger partial charge in [-0.2, -0.15) is 10.2 Å². The number of para-hydroxylation sites is 1. The van der Waals surface area contributed by atoms with Gasteiger partial charge >= 0.3 is 0 Å². The number of aromatic nitrogens is 5. The Bertz CT molecular complexity index is 1470. The lowest BCUT2D eigenvalue weighted by molar-refractivity contribution is 0.102. The summed E-state index contributed by atoms with van der Waals surface area (Å²) < 4.78 is 3.56. The van der Waals surface area contributed by atoms with Crippen molar-refractivity contribution in [3.63, 3.8) is 0 Å². The fourth-order valence-electron chi connectivity index (χ4n) is 3.74. The molecule has 33 heavy (non-hydrogen) atoms. The number of aryl methyl sites for hydroxylation is 1. The van der Waals surface area contributed by atoms with E-state index in [1.54, 1.807) is 21.8 Å². The lowest BCUT2D eigenvalue weighted by Crippen LogP contribution is -2.13. The summed E-state index contributed by atoms with van der Waals surface area (Å²) in [6.07, 6.45) is 5.22. The molecule has 0 saturated heterocycles. The van der Waals surface area contributed by atoms with Crippen LogP contribution >= 0.6 is 11.6 Å². The van der Waals surface area contributed by atoms with Gasteiger partial charge in [-0.05, 0) is 36.8 Å². The first-order chi connectivity index (χ1) is 16.0. The van der Waals surface area contributed by atoms with Gasteiger partial charge in [-0.25, -0.2) is 4.98 Å². The van der Waals surface area contributed by atoms with Gasteiger partial charge in [0.15, 0.2) is 0 Å². The second-order valence-electron chi connectivity index (χ2n) is 7.85. The zero-order chi connectivity index (χ0) is 22.9. The Labute approximate surface area is 195 Å². The molecule has 0 aliphatic carbocycles. The first kappa shape index (κ1) is 20.9. The van der Waals surface area contributed by atoms with Crippen molar-refractivity contribution in [2.24, 2.45) is 7.05 Å². The molecular formula is C25H21ClN6O. The number of nitrogens with one attached hydrogen (secondary N) is 1. The van der Waals surface area contributed by atoms with Crippen LogP contribution in [0.5, 0.6) is 0 Å². The molecule has 3 heterocycles. The second kappa shape index (κ2) is 8.52. The average Bonchev–Trinajstić information content (AvgIpc) is 3.40. The van der Waals surface area contributed by atoms with Crippen molar-refractivity contribution in [3.8, 4) is 11.3 Å².